The van der Waals surface area contributed by atoms with Gasteiger partial charge < -0.3 is 9.47 Å². The zero-order valence-electron chi connectivity index (χ0n) is 13.9. The van der Waals surface area contributed by atoms with Crippen molar-refractivity contribution in [3.63, 3.8) is 0 Å². The Bertz CT molecular complexity index is 948. The number of nitrogens with zero attached hydrogens (tertiary/aromatic N) is 2. The van der Waals surface area contributed by atoms with Gasteiger partial charge in [-0.05, 0) is 35.9 Å². The van der Waals surface area contributed by atoms with E-state index in [1.807, 2.05) is 18.2 Å². The molecule has 3 rings (SSSR count). The number of carbonyl (C=O) groups is 1. The van der Waals surface area contributed by atoms with Crippen molar-refractivity contribution in [2.75, 3.05) is 6.54 Å². The monoisotopic (exact) mass is 356 g/mol. The normalized spacial score (nSPS) is 10.8. The number of fused-ring (bicyclic) bond motifs is 1. The van der Waals surface area contributed by atoms with Crippen molar-refractivity contribution >= 4 is 28.4 Å². The van der Waals surface area contributed by atoms with Crippen LogP contribution in [0, 0.1) is 5.82 Å². The molecule has 128 valence electrons. The summed E-state index contributed by atoms with van der Waals surface area (Å²) in [6, 6.07) is 13.7. The molecular weight excluding hydrogens is 339 g/mol. The molecule has 0 saturated heterocycles. The van der Waals surface area contributed by atoms with E-state index in [9.17, 15) is 9.18 Å². The SMILES string of the molecule is C=CCN(Cc1ccccc1Cl)C(=O)c1cc2ccc(F)cc2n1C. The Balaban J connectivity index is 1.97. The molecule has 0 aliphatic heterocycles. The molecule has 0 unspecified atom stereocenters. The van der Waals surface area contributed by atoms with Gasteiger partial charge in [0.15, 0.2) is 0 Å². The van der Waals surface area contributed by atoms with E-state index in [0.717, 1.165) is 10.9 Å². The quantitative estimate of drug-likeness (QED) is 0.603. The fourth-order valence-electron chi connectivity index (χ4n) is 2.88. The zero-order valence-corrected chi connectivity index (χ0v) is 14.6. The molecule has 0 aliphatic rings. The van der Waals surface area contributed by atoms with Crippen molar-refractivity contribution in [1.82, 2.24) is 9.47 Å². The first kappa shape index (κ1) is 17.2. The lowest BCUT2D eigenvalue weighted by atomic mass is 10.2. The van der Waals surface area contributed by atoms with Gasteiger partial charge in [-0.15, -0.1) is 6.58 Å². The first-order chi connectivity index (χ1) is 12.0. The van der Waals surface area contributed by atoms with Crippen molar-refractivity contribution in [3.05, 3.63) is 83.3 Å². The predicted molar refractivity (Wildman–Crippen MR) is 99.3 cm³/mol. The highest BCUT2D eigenvalue weighted by Gasteiger charge is 2.20. The van der Waals surface area contributed by atoms with Crippen molar-refractivity contribution in [2.24, 2.45) is 7.05 Å². The van der Waals surface area contributed by atoms with E-state index >= 15 is 0 Å². The van der Waals surface area contributed by atoms with Crippen LogP contribution in [0.4, 0.5) is 4.39 Å². The number of amides is 1. The molecule has 0 bridgehead atoms. The number of benzene rings is 2. The topological polar surface area (TPSA) is 25.2 Å². The highest BCUT2D eigenvalue weighted by Crippen LogP contribution is 2.23. The number of halogens is 2. The summed E-state index contributed by atoms with van der Waals surface area (Å²) in [5.41, 5.74) is 2.04. The third-order valence-corrected chi connectivity index (χ3v) is 4.55. The molecule has 1 aromatic heterocycles. The maximum atomic E-state index is 13.5. The van der Waals surface area contributed by atoms with E-state index in [4.69, 9.17) is 11.6 Å². The summed E-state index contributed by atoms with van der Waals surface area (Å²) in [6.07, 6.45) is 1.68. The Morgan fingerprint density at radius 3 is 2.76 bits per heavy atom. The second-order valence-corrected chi connectivity index (χ2v) is 6.26. The Kier molecular flexibility index (Phi) is 4.91. The molecule has 0 aliphatic carbocycles. The average molecular weight is 357 g/mol. The fourth-order valence-corrected chi connectivity index (χ4v) is 3.07. The number of hydrogen-bond donors (Lipinski definition) is 0. The number of hydrogen-bond acceptors (Lipinski definition) is 1. The van der Waals surface area contributed by atoms with Crippen LogP contribution in [0.25, 0.3) is 10.9 Å². The van der Waals surface area contributed by atoms with Crippen LogP contribution in [0.1, 0.15) is 16.1 Å². The smallest absolute Gasteiger partial charge is 0.271 e. The number of carbonyl (C=O) groups excluding carboxylic acids is 1. The molecule has 0 fully saturated rings. The van der Waals surface area contributed by atoms with E-state index in [2.05, 4.69) is 6.58 Å². The number of aromatic nitrogens is 1. The van der Waals surface area contributed by atoms with E-state index in [1.165, 1.54) is 12.1 Å². The molecule has 0 radical (unpaired) electrons. The van der Waals surface area contributed by atoms with Gasteiger partial charge in [-0.1, -0.05) is 35.9 Å². The van der Waals surface area contributed by atoms with Crippen LogP contribution in [0.3, 0.4) is 0 Å². The highest BCUT2D eigenvalue weighted by atomic mass is 35.5. The van der Waals surface area contributed by atoms with Gasteiger partial charge in [0.25, 0.3) is 5.91 Å². The molecule has 0 spiro atoms. The lowest BCUT2D eigenvalue weighted by Crippen LogP contribution is -2.32. The van der Waals surface area contributed by atoms with Crippen molar-refractivity contribution in [1.29, 1.82) is 0 Å². The lowest BCUT2D eigenvalue weighted by molar-refractivity contribution is 0.0753. The summed E-state index contributed by atoms with van der Waals surface area (Å²) in [5.74, 6) is -0.481. The summed E-state index contributed by atoms with van der Waals surface area (Å²) in [7, 11) is 1.76. The second kappa shape index (κ2) is 7.11. The Morgan fingerprint density at radius 1 is 1.28 bits per heavy atom. The van der Waals surface area contributed by atoms with Crippen LogP contribution >= 0.6 is 11.6 Å². The van der Waals surface area contributed by atoms with E-state index < -0.39 is 0 Å². The number of rotatable bonds is 5. The largest absolute Gasteiger partial charge is 0.340 e. The first-order valence-corrected chi connectivity index (χ1v) is 8.27. The van der Waals surface area contributed by atoms with E-state index in [1.54, 1.807) is 40.8 Å². The minimum Gasteiger partial charge on any atom is -0.340 e. The maximum Gasteiger partial charge on any atom is 0.271 e. The fraction of sp³-hybridized carbons (Fsp3) is 0.150. The minimum absolute atomic E-state index is 0.154. The summed E-state index contributed by atoms with van der Waals surface area (Å²) >= 11 is 6.22. The third-order valence-electron chi connectivity index (χ3n) is 4.18. The molecule has 0 N–H and O–H groups in total. The van der Waals surface area contributed by atoms with Crippen LogP contribution in [-0.4, -0.2) is 21.9 Å². The van der Waals surface area contributed by atoms with Gasteiger partial charge in [0.1, 0.15) is 11.5 Å². The molecule has 0 atom stereocenters. The third kappa shape index (κ3) is 3.44. The van der Waals surface area contributed by atoms with Gasteiger partial charge >= 0.3 is 0 Å². The van der Waals surface area contributed by atoms with Gasteiger partial charge in [0.2, 0.25) is 0 Å². The highest BCUT2D eigenvalue weighted by molar-refractivity contribution is 6.31. The van der Waals surface area contributed by atoms with Crippen LogP contribution in [-0.2, 0) is 13.6 Å². The molecule has 3 aromatic rings. The average Bonchev–Trinajstić information content (AvgIpc) is 2.92. The minimum atomic E-state index is -0.327. The molecule has 3 nitrogen and oxygen atoms in total. The Hall–Kier alpha value is -2.59. The summed E-state index contributed by atoms with van der Waals surface area (Å²) in [5, 5.41) is 1.44. The van der Waals surface area contributed by atoms with E-state index in [0.29, 0.717) is 29.3 Å². The van der Waals surface area contributed by atoms with Gasteiger partial charge in [-0.25, -0.2) is 4.39 Å². The summed E-state index contributed by atoms with van der Waals surface area (Å²) < 4.78 is 15.2. The summed E-state index contributed by atoms with van der Waals surface area (Å²) in [6.45, 7) is 4.50. The van der Waals surface area contributed by atoms with Gasteiger partial charge in [-0.3, -0.25) is 4.79 Å². The van der Waals surface area contributed by atoms with E-state index in [-0.39, 0.29) is 11.7 Å². The lowest BCUT2D eigenvalue weighted by Gasteiger charge is -2.22. The van der Waals surface area contributed by atoms with Gasteiger partial charge in [-0.2, -0.15) is 0 Å². The molecule has 2 aromatic carbocycles. The van der Waals surface area contributed by atoms with Gasteiger partial charge in [0, 0.05) is 30.5 Å². The predicted octanol–water partition coefficient (Wildman–Crippen LogP) is 4.80. The molecule has 5 heteroatoms. The molecule has 1 heterocycles. The molecule has 0 saturated carbocycles. The Labute approximate surface area is 150 Å². The van der Waals surface area contributed by atoms with Crippen LogP contribution in [0.5, 0.6) is 0 Å². The standard InChI is InChI=1S/C20H18ClFN2O/c1-3-10-24(13-15-6-4-5-7-17(15)21)20(25)19-11-14-8-9-16(22)12-18(14)23(19)2/h3-9,11-12H,1,10,13H2,2H3. The molecular formula is C20H18ClFN2O. The zero-order chi connectivity index (χ0) is 18.0. The second-order valence-electron chi connectivity index (χ2n) is 5.86. The molecule has 25 heavy (non-hydrogen) atoms. The van der Waals surface area contributed by atoms with Crippen molar-refractivity contribution < 1.29 is 9.18 Å². The maximum absolute atomic E-state index is 13.5. The molecule has 1 amide bonds. The van der Waals surface area contributed by atoms with Crippen LogP contribution in [0.15, 0.2) is 61.2 Å². The van der Waals surface area contributed by atoms with Crippen LogP contribution in [0.2, 0.25) is 5.02 Å². The first-order valence-electron chi connectivity index (χ1n) is 7.90. The summed E-state index contributed by atoms with van der Waals surface area (Å²) in [4.78, 5) is 14.7. The Morgan fingerprint density at radius 2 is 2.04 bits per heavy atom. The van der Waals surface area contributed by atoms with Crippen molar-refractivity contribution in [2.45, 2.75) is 6.54 Å². The van der Waals surface area contributed by atoms with Crippen LogP contribution < -0.4 is 0 Å². The number of aryl methyl sites for hydroxylation is 1. The van der Waals surface area contributed by atoms with Gasteiger partial charge in [0.05, 0.1) is 5.52 Å². The van der Waals surface area contributed by atoms with Crippen molar-refractivity contribution in [3.8, 4) is 0 Å².